The average Bonchev–Trinajstić information content (AvgIpc) is 2.88. The summed E-state index contributed by atoms with van der Waals surface area (Å²) >= 11 is 0. The molecule has 2 aromatic carbocycles. The molecule has 0 unspecified atom stereocenters. The molecule has 0 aliphatic rings. The molecular weight excluding hydrogens is 589 g/mol. The first-order valence-electron chi connectivity index (χ1n) is 14.6. The maximum Gasteiger partial charge on any atom is 2.00 e. The van der Waals surface area contributed by atoms with Gasteiger partial charge in [0.1, 0.15) is 0 Å². The summed E-state index contributed by atoms with van der Waals surface area (Å²) in [5.74, 6) is 0. The first kappa shape index (κ1) is 39.0. The summed E-state index contributed by atoms with van der Waals surface area (Å²) < 4.78 is 0. The van der Waals surface area contributed by atoms with E-state index in [1.807, 2.05) is 0 Å². The fourth-order valence-electron chi connectivity index (χ4n) is 5.28. The Bertz CT molecular complexity index is 1160. The fraction of sp³-hybridized carbons (Fsp3) is 0.457. The number of benzene rings is 2. The first-order chi connectivity index (χ1) is 18.3. The molecule has 3 nitrogen and oxygen atoms in total. The molecule has 6 heteroatoms. The van der Waals surface area contributed by atoms with Crippen molar-refractivity contribution in [3.63, 3.8) is 0 Å². The van der Waals surface area contributed by atoms with Crippen LogP contribution in [0, 0.1) is 13.8 Å². The Morgan fingerprint density at radius 3 is 1.15 bits per heavy atom. The molecular formula is C35H47Cl2FeN3. The molecule has 3 aromatic rings. The van der Waals surface area contributed by atoms with Crippen molar-refractivity contribution < 1.29 is 41.9 Å². The van der Waals surface area contributed by atoms with E-state index in [0.717, 1.165) is 85.6 Å². The zero-order valence-electron chi connectivity index (χ0n) is 26.1. The molecule has 3 rings (SSSR count). The van der Waals surface area contributed by atoms with Crippen molar-refractivity contribution in [2.45, 2.75) is 107 Å². The number of pyridine rings is 1. The molecule has 41 heavy (non-hydrogen) atoms. The maximum absolute atomic E-state index is 5.19. The zero-order valence-corrected chi connectivity index (χ0v) is 28.8. The van der Waals surface area contributed by atoms with Crippen LogP contribution in [0.1, 0.15) is 112 Å². The van der Waals surface area contributed by atoms with Crippen LogP contribution in [-0.4, -0.2) is 16.4 Å². The Kier molecular flexibility index (Phi) is 18.3. The summed E-state index contributed by atoms with van der Waals surface area (Å²) in [5.41, 5.74) is 14.0. The number of halogens is 2. The molecule has 0 amide bonds. The van der Waals surface area contributed by atoms with E-state index >= 15 is 0 Å². The zero-order chi connectivity index (χ0) is 27.7. The number of aliphatic imine (C=N–C) groups is 2. The Morgan fingerprint density at radius 2 is 0.878 bits per heavy atom. The van der Waals surface area contributed by atoms with Crippen molar-refractivity contribution in [2.24, 2.45) is 9.98 Å². The van der Waals surface area contributed by atoms with E-state index in [9.17, 15) is 0 Å². The van der Waals surface area contributed by atoms with E-state index in [0.29, 0.717) is 0 Å². The van der Waals surface area contributed by atoms with E-state index in [4.69, 9.17) is 15.0 Å². The molecule has 0 atom stereocenters. The summed E-state index contributed by atoms with van der Waals surface area (Å²) in [6.45, 7) is 17.5. The van der Waals surface area contributed by atoms with Crippen LogP contribution in [0.4, 0.5) is 11.4 Å². The number of nitrogens with zero attached hydrogens (tertiary/aromatic N) is 3. The van der Waals surface area contributed by atoms with Gasteiger partial charge in [0.2, 0.25) is 0 Å². The summed E-state index contributed by atoms with van der Waals surface area (Å²) in [6, 6.07) is 15.4. The summed E-state index contributed by atoms with van der Waals surface area (Å²) in [6.07, 6.45) is 8.61. The van der Waals surface area contributed by atoms with Gasteiger partial charge < -0.3 is 24.8 Å². The molecule has 224 valence electrons. The van der Waals surface area contributed by atoms with Crippen molar-refractivity contribution in [2.75, 3.05) is 0 Å². The standard InChI is InChI=1S/C35H47N3.2ClH.Fe/c1-9-14-28-20-24(5)21-29(15-10-2)34(28)36-26(7)32-18-13-19-33(38-32)27(8)37-35-30(16-11-3)22-25(6)23-31(35)17-12-4;;;/h13,18-23H,9-12,14-17H2,1-8H3;2*1H;/q;;;+2/p-2. The summed E-state index contributed by atoms with van der Waals surface area (Å²) in [5, 5.41) is 0. The van der Waals surface area contributed by atoms with Crippen LogP contribution in [0.3, 0.4) is 0 Å². The number of hydrogen-bond acceptors (Lipinski definition) is 3. The van der Waals surface area contributed by atoms with Gasteiger partial charge in [-0.3, -0.25) is 9.98 Å². The van der Waals surface area contributed by atoms with Gasteiger partial charge in [-0.25, -0.2) is 4.98 Å². The molecule has 0 saturated heterocycles. The summed E-state index contributed by atoms with van der Waals surface area (Å²) in [4.78, 5) is 15.4. The predicted octanol–water partition coefficient (Wildman–Crippen LogP) is 3.80. The van der Waals surface area contributed by atoms with Gasteiger partial charge in [-0.1, -0.05) is 94.8 Å². The normalized spacial score (nSPS) is 11.4. The minimum Gasteiger partial charge on any atom is -1.00 e. The quantitative estimate of drug-likeness (QED) is 0.220. The third-order valence-electron chi connectivity index (χ3n) is 6.95. The SMILES string of the molecule is CCCc1cc(C)cc(CCC)c1N=C(C)c1cccc(C(C)=Nc2c(CCC)cc(C)cc2CCC)n1.[Cl-].[Cl-].[Fe+2]. The molecule has 0 aliphatic carbocycles. The molecule has 0 radical (unpaired) electrons. The third kappa shape index (κ3) is 10.7. The number of hydrogen-bond donors (Lipinski definition) is 0. The molecule has 0 spiro atoms. The monoisotopic (exact) mass is 635 g/mol. The number of rotatable bonds is 12. The molecule has 0 bridgehead atoms. The van der Waals surface area contributed by atoms with Gasteiger partial charge in [0.05, 0.1) is 34.2 Å². The second-order valence-corrected chi connectivity index (χ2v) is 10.7. The van der Waals surface area contributed by atoms with Crippen molar-refractivity contribution >= 4 is 22.8 Å². The van der Waals surface area contributed by atoms with Crippen LogP contribution in [-0.2, 0) is 42.8 Å². The van der Waals surface area contributed by atoms with Gasteiger partial charge in [-0.05, 0) is 87.8 Å². The van der Waals surface area contributed by atoms with E-state index in [1.165, 1.54) is 33.4 Å². The van der Waals surface area contributed by atoms with Crippen LogP contribution in [0.2, 0.25) is 0 Å². The number of aryl methyl sites for hydroxylation is 6. The van der Waals surface area contributed by atoms with E-state index in [-0.39, 0.29) is 41.9 Å². The predicted molar refractivity (Wildman–Crippen MR) is 166 cm³/mol. The fourth-order valence-corrected chi connectivity index (χ4v) is 5.28. The largest absolute Gasteiger partial charge is 2.00 e. The molecule has 1 heterocycles. The second kappa shape index (κ2) is 19.3. The Morgan fingerprint density at radius 1 is 0.585 bits per heavy atom. The van der Waals surface area contributed by atoms with Crippen molar-refractivity contribution in [3.8, 4) is 0 Å². The van der Waals surface area contributed by atoms with Gasteiger partial charge in [0.15, 0.2) is 0 Å². The minimum absolute atomic E-state index is 0. The van der Waals surface area contributed by atoms with E-state index in [2.05, 4.69) is 97.9 Å². The van der Waals surface area contributed by atoms with Crippen LogP contribution >= 0.6 is 0 Å². The minimum atomic E-state index is 0. The van der Waals surface area contributed by atoms with Gasteiger partial charge in [0, 0.05) is 0 Å². The molecule has 0 fully saturated rings. The van der Waals surface area contributed by atoms with Gasteiger partial charge in [-0.2, -0.15) is 0 Å². The average molecular weight is 637 g/mol. The second-order valence-electron chi connectivity index (χ2n) is 10.7. The third-order valence-corrected chi connectivity index (χ3v) is 6.95. The first-order valence-corrected chi connectivity index (χ1v) is 14.6. The molecule has 0 saturated carbocycles. The van der Waals surface area contributed by atoms with Crippen LogP contribution in [0.15, 0.2) is 52.4 Å². The van der Waals surface area contributed by atoms with E-state index in [1.54, 1.807) is 0 Å². The molecule has 0 N–H and O–H groups in total. The van der Waals surface area contributed by atoms with Crippen LogP contribution in [0.5, 0.6) is 0 Å². The smallest absolute Gasteiger partial charge is 1.00 e. The Balaban J connectivity index is 0.00000533. The van der Waals surface area contributed by atoms with Crippen LogP contribution in [0.25, 0.3) is 0 Å². The Hall–Kier alpha value is -1.97. The van der Waals surface area contributed by atoms with Gasteiger partial charge >= 0.3 is 17.1 Å². The Labute approximate surface area is 272 Å². The van der Waals surface area contributed by atoms with Crippen molar-refractivity contribution in [1.29, 1.82) is 0 Å². The van der Waals surface area contributed by atoms with Crippen molar-refractivity contribution in [3.05, 3.63) is 87.2 Å². The maximum atomic E-state index is 5.19. The number of aromatic nitrogens is 1. The van der Waals surface area contributed by atoms with Crippen molar-refractivity contribution in [1.82, 2.24) is 4.98 Å². The van der Waals surface area contributed by atoms with Gasteiger partial charge in [-0.15, -0.1) is 0 Å². The molecule has 1 aromatic heterocycles. The van der Waals surface area contributed by atoms with Crippen LogP contribution < -0.4 is 24.8 Å². The van der Waals surface area contributed by atoms with E-state index < -0.39 is 0 Å². The topological polar surface area (TPSA) is 37.6 Å². The summed E-state index contributed by atoms with van der Waals surface area (Å²) in [7, 11) is 0. The molecule has 0 aliphatic heterocycles. The van der Waals surface area contributed by atoms with Gasteiger partial charge in [0.25, 0.3) is 0 Å².